The molecule has 1 saturated heterocycles. The Labute approximate surface area is 216 Å². The fourth-order valence-corrected chi connectivity index (χ4v) is 3.75. The smallest absolute Gasteiger partial charge is 0.231 e. The van der Waals surface area contributed by atoms with Crippen molar-refractivity contribution in [1.82, 2.24) is 5.32 Å². The van der Waals surface area contributed by atoms with Crippen LogP contribution in [0.15, 0.2) is 35.5 Å². The fourth-order valence-electron chi connectivity index (χ4n) is 3.75. The van der Waals surface area contributed by atoms with Crippen molar-refractivity contribution in [2.24, 2.45) is 11.7 Å². The zero-order valence-corrected chi connectivity index (χ0v) is 21.8. The van der Waals surface area contributed by atoms with Crippen LogP contribution in [0.5, 0.6) is 0 Å². The maximum atomic E-state index is 14.0. The van der Waals surface area contributed by atoms with Gasteiger partial charge in [0.25, 0.3) is 0 Å². The molecule has 37 heavy (non-hydrogen) atoms. The molecule has 5 atom stereocenters. The molecule has 10 nitrogen and oxygen atoms in total. The van der Waals surface area contributed by atoms with Crippen LogP contribution in [0, 0.1) is 11.3 Å². The molecule has 1 fully saturated rings. The number of nitrogens with two attached hydrogens (primary N) is 1. The number of allylic oxidation sites excluding steroid dienone is 1. The number of aryl methyl sites for hydroxylation is 1. The summed E-state index contributed by atoms with van der Waals surface area (Å²) in [6, 6.07) is 7.42. The largest absolute Gasteiger partial charge is 0.445 e. The van der Waals surface area contributed by atoms with Crippen molar-refractivity contribution >= 4 is 11.8 Å². The van der Waals surface area contributed by atoms with Crippen molar-refractivity contribution in [3.63, 3.8) is 0 Å². The number of hydrogen-bond acceptors (Lipinski definition) is 9. The van der Waals surface area contributed by atoms with Gasteiger partial charge >= 0.3 is 0 Å². The van der Waals surface area contributed by atoms with E-state index in [1.807, 2.05) is 38.1 Å². The minimum atomic E-state index is -2.00. The second-order valence-corrected chi connectivity index (χ2v) is 10.3. The van der Waals surface area contributed by atoms with Gasteiger partial charge in [0, 0.05) is 24.1 Å². The summed E-state index contributed by atoms with van der Waals surface area (Å²) in [5.74, 6) is -0.699. The molecular weight excluding hydrogens is 485 g/mol. The van der Waals surface area contributed by atoms with Crippen LogP contribution in [0.1, 0.15) is 45.2 Å². The molecule has 1 aromatic rings. The van der Waals surface area contributed by atoms with E-state index in [9.17, 15) is 29.6 Å². The molecule has 1 aromatic carbocycles. The van der Waals surface area contributed by atoms with E-state index in [0.29, 0.717) is 17.7 Å². The highest BCUT2D eigenvalue weighted by Gasteiger charge is 2.46. The third kappa shape index (κ3) is 8.47. The molecule has 8 N–H and O–H groups in total. The van der Waals surface area contributed by atoms with Gasteiger partial charge in [-0.1, -0.05) is 38.1 Å². The maximum absolute atomic E-state index is 14.0. The lowest BCUT2D eigenvalue weighted by Gasteiger charge is -2.38. The Bertz CT molecular complexity index is 950. The number of aliphatic hydroxyl groups excluding tert-OH is 4. The van der Waals surface area contributed by atoms with Crippen LogP contribution in [-0.4, -0.2) is 81.8 Å². The number of nitrogens with one attached hydrogen (secondary N) is 2. The molecule has 5 unspecified atom stereocenters. The van der Waals surface area contributed by atoms with E-state index in [2.05, 4.69) is 5.32 Å². The van der Waals surface area contributed by atoms with Crippen molar-refractivity contribution in [2.75, 3.05) is 13.2 Å². The first-order valence-electron chi connectivity index (χ1n) is 12.3. The van der Waals surface area contributed by atoms with Gasteiger partial charge in [0.05, 0.1) is 18.8 Å². The number of ether oxygens (including phenoxy) is 2. The van der Waals surface area contributed by atoms with Gasteiger partial charge in [-0.3, -0.25) is 10.2 Å². The Kier molecular flexibility index (Phi) is 11.0. The van der Waals surface area contributed by atoms with Crippen molar-refractivity contribution in [3.8, 4) is 0 Å². The Morgan fingerprint density at radius 2 is 1.78 bits per heavy atom. The van der Waals surface area contributed by atoms with Gasteiger partial charge in [0.15, 0.2) is 6.17 Å². The van der Waals surface area contributed by atoms with Gasteiger partial charge < -0.3 is 41.0 Å². The molecule has 0 aliphatic carbocycles. The monoisotopic (exact) mass is 525 g/mol. The standard InChI is InChI=1S/C26H40FN3O7/c1-14(2)21(28)17(24(29)37-25-23(35)22(34)20(27)18(12-31)36-25)11-16-7-5-15(6-8-16)9-10-19(33)30-26(3,4)13-32/h5-8,14,18,20,22-23,25,29,31-32,34-35H,9-13,28H2,1-4H3,(H,30,33)/b21-17-,29-24?. The average molecular weight is 526 g/mol. The van der Waals surface area contributed by atoms with Gasteiger partial charge in [-0.15, -0.1) is 0 Å². The molecule has 0 spiro atoms. The van der Waals surface area contributed by atoms with Crippen molar-refractivity contribution in [3.05, 3.63) is 46.7 Å². The lowest BCUT2D eigenvalue weighted by Crippen LogP contribution is -2.58. The Morgan fingerprint density at radius 3 is 2.32 bits per heavy atom. The minimum Gasteiger partial charge on any atom is -0.445 e. The topological polar surface area (TPSA) is 178 Å². The zero-order valence-electron chi connectivity index (χ0n) is 21.8. The lowest BCUT2D eigenvalue weighted by atomic mass is 9.96. The normalized spacial score (nSPS) is 25.0. The van der Waals surface area contributed by atoms with Crippen LogP contribution in [-0.2, 0) is 27.1 Å². The van der Waals surface area contributed by atoms with Gasteiger partial charge in [-0.05, 0) is 37.3 Å². The molecule has 0 aromatic heterocycles. The van der Waals surface area contributed by atoms with E-state index in [-0.39, 0.29) is 31.3 Å². The first kappa shape index (κ1) is 30.7. The molecule has 1 aliphatic rings. The zero-order chi connectivity index (χ0) is 27.9. The van der Waals surface area contributed by atoms with Crippen LogP contribution in [0.4, 0.5) is 4.39 Å². The van der Waals surface area contributed by atoms with Crippen LogP contribution < -0.4 is 11.1 Å². The second-order valence-electron chi connectivity index (χ2n) is 10.3. The Morgan fingerprint density at radius 1 is 1.19 bits per heavy atom. The number of amides is 1. The predicted molar refractivity (Wildman–Crippen MR) is 135 cm³/mol. The number of aliphatic hydroxyl groups is 4. The van der Waals surface area contributed by atoms with Crippen molar-refractivity contribution in [1.29, 1.82) is 5.41 Å². The van der Waals surface area contributed by atoms with E-state index in [1.54, 1.807) is 13.8 Å². The minimum absolute atomic E-state index is 0.136. The summed E-state index contributed by atoms with van der Waals surface area (Å²) >= 11 is 0. The Balaban J connectivity index is 2.10. The predicted octanol–water partition coefficient (Wildman–Crippen LogP) is 0.689. The number of halogens is 1. The van der Waals surface area contributed by atoms with Gasteiger partial charge in [-0.2, -0.15) is 0 Å². The van der Waals surface area contributed by atoms with E-state index in [1.165, 1.54) is 0 Å². The lowest BCUT2D eigenvalue weighted by molar-refractivity contribution is -0.269. The molecular formula is C26H40FN3O7. The van der Waals surface area contributed by atoms with E-state index in [4.69, 9.17) is 20.6 Å². The summed E-state index contributed by atoms with van der Waals surface area (Å²) in [5.41, 5.74) is 8.04. The van der Waals surface area contributed by atoms with Crippen LogP contribution in [0.2, 0.25) is 0 Å². The first-order valence-corrected chi connectivity index (χ1v) is 12.3. The van der Waals surface area contributed by atoms with E-state index in [0.717, 1.165) is 11.1 Å². The number of rotatable bonds is 11. The van der Waals surface area contributed by atoms with Gasteiger partial charge in [0.1, 0.15) is 18.3 Å². The molecule has 2 rings (SSSR count). The number of hydrogen-bond donors (Lipinski definition) is 7. The first-order chi connectivity index (χ1) is 17.3. The highest BCUT2D eigenvalue weighted by atomic mass is 19.1. The molecule has 0 saturated carbocycles. The summed E-state index contributed by atoms with van der Waals surface area (Å²) in [7, 11) is 0. The molecule has 11 heteroatoms. The van der Waals surface area contributed by atoms with Crippen molar-refractivity contribution in [2.45, 2.75) is 83.3 Å². The quantitative estimate of drug-likeness (QED) is 0.163. The van der Waals surface area contributed by atoms with Crippen molar-refractivity contribution < 1.29 is 39.1 Å². The van der Waals surface area contributed by atoms with E-state index >= 15 is 0 Å². The maximum Gasteiger partial charge on any atom is 0.231 e. The van der Waals surface area contributed by atoms with Crippen LogP contribution >= 0.6 is 0 Å². The summed E-state index contributed by atoms with van der Waals surface area (Å²) in [4.78, 5) is 12.1. The average Bonchev–Trinajstić information content (AvgIpc) is 2.86. The molecule has 1 aliphatic heterocycles. The Hall–Kier alpha value is -2.57. The van der Waals surface area contributed by atoms with Gasteiger partial charge in [0.2, 0.25) is 18.1 Å². The molecule has 208 valence electrons. The second kappa shape index (κ2) is 13.3. The highest BCUT2D eigenvalue weighted by Crippen LogP contribution is 2.26. The molecule has 0 radical (unpaired) electrons. The fraction of sp³-hybridized carbons (Fsp3) is 0.615. The summed E-state index contributed by atoms with van der Waals surface area (Å²) in [6.07, 6.45) is -7.60. The van der Waals surface area contributed by atoms with E-state index < -0.39 is 48.8 Å². The SMILES string of the molecule is CC(C)/C(N)=C(\Cc1ccc(CCC(=O)NC(C)(C)CO)cc1)C(=N)OC1OC(CO)C(F)C(O)C1O. The third-order valence-electron chi connectivity index (χ3n) is 6.20. The third-order valence-corrected chi connectivity index (χ3v) is 6.20. The number of benzene rings is 1. The molecule has 1 heterocycles. The number of carbonyl (C=O) groups is 1. The summed E-state index contributed by atoms with van der Waals surface area (Å²) < 4.78 is 24.7. The summed E-state index contributed by atoms with van der Waals surface area (Å²) in [5, 5.41) is 50.0. The number of carbonyl (C=O) groups excluding carboxylic acids is 1. The van der Waals surface area contributed by atoms with Crippen LogP contribution in [0.25, 0.3) is 0 Å². The van der Waals surface area contributed by atoms with Crippen LogP contribution in [0.3, 0.4) is 0 Å². The molecule has 0 bridgehead atoms. The number of alkyl halides is 1. The summed E-state index contributed by atoms with van der Waals surface area (Å²) in [6.45, 7) is 6.27. The van der Waals surface area contributed by atoms with Gasteiger partial charge in [-0.25, -0.2) is 4.39 Å². The molecule has 1 amide bonds. The highest BCUT2D eigenvalue weighted by molar-refractivity contribution is 5.92.